The molecule has 2 aromatic carbocycles. The van der Waals surface area contributed by atoms with Gasteiger partial charge in [-0.1, -0.05) is 44.1 Å². The van der Waals surface area contributed by atoms with Crippen molar-refractivity contribution in [2.24, 2.45) is 0 Å². The van der Waals surface area contributed by atoms with Crippen LogP contribution in [0.4, 0.5) is 0 Å². The van der Waals surface area contributed by atoms with Gasteiger partial charge in [0.2, 0.25) is 0 Å². The molecule has 3 nitrogen and oxygen atoms in total. The average molecular weight is 356 g/mol. The van der Waals surface area contributed by atoms with Crippen LogP contribution in [0.1, 0.15) is 37.5 Å². The van der Waals surface area contributed by atoms with E-state index in [1.165, 1.54) is 16.7 Å². The van der Waals surface area contributed by atoms with Crippen LogP contribution in [0.15, 0.2) is 59.3 Å². The highest BCUT2D eigenvalue weighted by atomic mass is 16.5. The minimum Gasteiger partial charge on any atom is -0.356 e. The molecule has 0 bridgehead atoms. The summed E-state index contributed by atoms with van der Waals surface area (Å²) >= 11 is 0. The van der Waals surface area contributed by atoms with Gasteiger partial charge in [0.1, 0.15) is 5.69 Å². The molecule has 0 aliphatic heterocycles. The summed E-state index contributed by atoms with van der Waals surface area (Å²) < 4.78 is 5.72. The van der Waals surface area contributed by atoms with Crippen molar-refractivity contribution in [3.05, 3.63) is 71.4 Å². The first-order valence-electron chi connectivity index (χ1n) is 9.70. The predicted octanol–water partition coefficient (Wildman–Crippen LogP) is 6.24. The Kier molecular flexibility index (Phi) is 4.76. The van der Waals surface area contributed by atoms with Gasteiger partial charge in [0.15, 0.2) is 5.76 Å². The Hall–Kier alpha value is -2.94. The molecule has 0 N–H and O–H groups in total. The third-order valence-electron chi connectivity index (χ3n) is 5.25. The van der Waals surface area contributed by atoms with Gasteiger partial charge in [0.25, 0.3) is 0 Å². The monoisotopic (exact) mass is 356 g/mol. The zero-order valence-corrected chi connectivity index (χ0v) is 16.1. The summed E-state index contributed by atoms with van der Waals surface area (Å²) in [6, 6.07) is 16.8. The van der Waals surface area contributed by atoms with Crippen molar-refractivity contribution in [2.45, 2.75) is 40.0 Å². The van der Waals surface area contributed by atoms with E-state index in [0.717, 1.165) is 52.7 Å². The fourth-order valence-electron chi connectivity index (χ4n) is 3.80. The Bertz CT molecular complexity index is 1070. The summed E-state index contributed by atoms with van der Waals surface area (Å²) in [5.74, 6) is 0.818. The lowest BCUT2D eigenvalue weighted by Crippen LogP contribution is -1.98. The van der Waals surface area contributed by atoms with Crippen molar-refractivity contribution in [1.82, 2.24) is 10.1 Å². The standard InChI is InChI=1S/C24H24N2O/c1-4-16-12-20(13-17(5-2)21(16)6-3)24-15-23(26-27-24)19-10-9-18-8-7-11-25-22(18)14-19/h7-15H,4-6H2,1-3H3. The lowest BCUT2D eigenvalue weighted by atomic mass is 9.92. The zero-order chi connectivity index (χ0) is 18.8. The summed E-state index contributed by atoms with van der Waals surface area (Å²) in [6.07, 6.45) is 4.94. The Morgan fingerprint density at radius 3 is 2.30 bits per heavy atom. The largest absolute Gasteiger partial charge is 0.356 e. The second-order valence-corrected chi connectivity index (χ2v) is 6.82. The van der Waals surface area contributed by atoms with Crippen LogP contribution in [-0.2, 0) is 19.3 Å². The van der Waals surface area contributed by atoms with Gasteiger partial charge in [0, 0.05) is 28.8 Å². The highest BCUT2D eigenvalue weighted by Gasteiger charge is 2.13. The van der Waals surface area contributed by atoms with Crippen molar-refractivity contribution in [3.63, 3.8) is 0 Å². The second kappa shape index (κ2) is 7.36. The first kappa shape index (κ1) is 17.5. The number of aryl methyl sites for hydroxylation is 2. The van der Waals surface area contributed by atoms with Gasteiger partial charge in [-0.15, -0.1) is 0 Å². The molecule has 0 fully saturated rings. The van der Waals surface area contributed by atoms with Crippen LogP contribution in [-0.4, -0.2) is 10.1 Å². The van der Waals surface area contributed by atoms with Crippen LogP contribution in [0, 0.1) is 0 Å². The molecule has 2 aromatic heterocycles. The van der Waals surface area contributed by atoms with Gasteiger partial charge in [0.05, 0.1) is 5.52 Å². The summed E-state index contributed by atoms with van der Waals surface area (Å²) in [7, 11) is 0. The molecular weight excluding hydrogens is 332 g/mol. The molecular formula is C24H24N2O. The number of benzene rings is 2. The Balaban J connectivity index is 1.75. The summed E-state index contributed by atoms with van der Waals surface area (Å²) in [5, 5.41) is 5.45. The minimum atomic E-state index is 0.818. The second-order valence-electron chi connectivity index (χ2n) is 6.82. The van der Waals surface area contributed by atoms with E-state index in [1.807, 2.05) is 18.3 Å². The maximum Gasteiger partial charge on any atom is 0.167 e. The van der Waals surface area contributed by atoms with E-state index in [0.29, 0.717) is 0 Å². The molecule has 0 atom stereocenters. The Morgan fingerprint density at radius 1 is 0.815 bits per heavy atom. The first-order chi connectivity index (χ1) is 13.2. The van der Waals surface area contributed by atoms with Crippen molar-refractivity contribution in [3.8, 4) is 22.6 Å². The number of pyridine rings is 1. The van der Waals surface area contributed by atoms with Crippen molar-refractivity contribution < 1.29 is 4.52 Å². The van der Waals surface area contributed by atoms with Crippen LogP contribution < -0.4 is 0 Å². The van der Waals surface area contributed by atoms with Gasteiger partial charge >= 0.3 is 0 Å². The van der Waals surface area contributed by atoms with Crippen molar-refractivity contribution in [2.75, 3.05) is 0 Å². The fourth-order valence-corrected chi connectivity index (χ4v) is 3.80. The first-order valence-corrected chi connectivity index (χ1v) is 9.70. The molecule has 0 spiro atoms. The van der Waals surface area contributed by atoms with E-state index >= 15 is 0 Å². The SMILES string of the molecule is CCc1cc(-c2cc(-c3ccc4cccnc4c3)no2)cc(CC)c1CC. The van der Waals surface area contributed by atoms with Crippen LogP contribution in [0.3, 0.4) is 0 Å². The van der Waals surface area contributed by atoms with Crippen LogP contribution in [0.2, 0.25) is 0 Å². The molecule has 0 unspecified atom stereocenters. The molecule has 4 rings (SSSR count). The molecule has 0 aliphatic carbocycles. The average Bonchev–Trinajstić information content (AvgIpc) is 3.22. The van der Waals surface area contributed by atoms with E-state index in [1.54, 1.807) is 0 Å². The van der Waals surface area contributed by atoms with Crippen LogP contribution in [0.5, 0.6) is 0 Å². The highest BCUT2D eigenvalue weighted by Crippen LogP contribution is 2.31. The smallest absolute Gasteiger partial charge is 0.167 e. The molecule has 27 heavy (non-hydrogen) atoms. The number of fused-ring (bicyclic) bond motifs is 1. The molecule has 0 saturated carbocycles. The topological polar surface area (TPSA) is 38.9 Å². The maximum absolute atomic E-state index is 5.72. The predicted molar refractivity (Wildman–Crippen MR) is 111 cm³/mol. The molecule has 0 radical (unpaired) electrons. The Labute approximate surface area is 160 Å². The number of rotatable bonds is 5. The van der Waals surface area contributed by atoms with Gasteiger partial charge < -0.3 is 4.52 Å². The normalized spacial score (nSPS) is 11.2. The third-order valence-corrected chi connectivity index (χ3v) is 5.25. The fraction of sp³-hybridized carbons (Fsp3) is 0.250. The highest BCUT2D eigenvalue weighted by molar-refractivity contribution is 5.83. The van der Waals surface area contributed by atoms with Gasteiger partial charge in [-0.2, -0.15) is 0 Å². The van der Waals surface area contributed by atoms with E-state index in [9.17, 15) is 0 Å². The third kappa shape index (κ3) is 3.25. The zero-order valence-electron chi connectivity index (χ0n) is 16.1. The van der Waals surface area contributed by atoms with E-state index in [2.05, 4.69) is 67.3 Å². The number of hydrogen-bond acceptors (Lipinski definition) is 3. The van der Waals surface area contributed by atoms with E-state index in [-0.39, 0.29) is 0 Å². The summed E-state index contributed by atoms with van der Waals surface area (Å²) in [6.45, 7) is 6.66. The van der Waals surface area contributed by atoms with Crippen molar-refractivity contribution >= 4 is 10.9 Å². The molecule has 2 heterocycles. The molecule has 3 heteroatoms. The maximum atomic E-state index is 5.72. The number of nitrogens with zero attached hydrogens (tertiary/aromatic N) is 2. The summed E-state index contributed by atoms with van der Waals surface area (Å²) in [5.41, 5.74) is 8.22. The summed E-state index contributed by atoms with van der Waals surface area (Å²) in [4.78, 5) is 4.44. The van der Waals surface area contributed by atoms with Crippen LogP contribution >= 0.6 is 0 Å². The molecule has 136 valence electrons. The lowest BCUT2D eigenvalue weighted by molar-refractivity contribution is 0.435. The molecule has 0 aliphatic rings. The number of hydrogen-bond donors (Lipinski definition) is 0. The molecule has 4 aromatic rings. The van der Waals surface area contributed by atoms with Crippen LogP contribution in [0.25, 0.3) is 33.5 Å². The molecule has 0 saturated heterocycles. The van der Waals surface area contributed by atoms with E-state index < -0.39 is 0 Å². The minimum absolute atomic E-state index is 0.818. The van der Waals surface area contributed by atoms with Gasteiger partial charge in [-0.3, -0.25) is 4.98 Å². The van der Waals surface area contributed by atoms with E-state index in [4.69, 9.17) is 4.52 Å². The van der Waals surface area contributed by atoms with Gasteiger partial charge in [-0.05, 0) is 60.2 Å². The van der Waals surface area contributed by atoms with Gasteiger partial charge in [-0.25, -0.2) is 0 Å². The molecule has 0 amide bonds. The lowest BCUT2D eigenvalue weighted by Gasteiger charge is -2.13. The van der Waals surface area contributed by atoms with Crippen molar-refractivity contribution in [1.29, 1.82) is 0 Å². The Morgan fingerprint density at radius 2 is 1.59 bits per heavy atom. The quantitative estimate of drug-likeness (QED) is 0.424. The number of aromatic nitrogens is 2.